The third-order valence-electron chi connectivity index (χ3n) is 6.73. The van der Waals surface area contributed by atoms with E-state index in [1.807, 2.05) is 4.90 Å². The third-order valence-corrected chi connectivity index (χ3v) is 6.73. The molecule has 0 aliphatic carbocycles. The number of piperidine rings is 2. The minimum atomic E-state index is -4.37. The summed E-state index contributed by atoms with van der Waals surface area (Å²) < 4.78 is 39.2. The molecule has 2 aromatic carbocycles. The van der Waals surface area contributed by atoms with Gasteiger partial charge in [-0.15, -0.1) is 0 Å². The van der Waals surface area contributed by atoms with Gasteiger partial charge in [-0.05, 0) is 61.4 Å². The maximum Gasteiger partial charge on any atom is 0.416 e. The summed E-state index contributed by atoms with van der Waals surface area (Å²) in [5.41, 5.74) is 3.77. The second-order valence-corrected chi connectivity index (χ2v) is 9.04. The van der Waals surface area contributed by atoms with Crippen LogP contribution in [-0.4, -0.2) is 34.8 Å². The van der Waals surface area contributed by atoms with Gasteiger partial charge in [-0.1, -0.05) is 35.9 Å². The number of aryl methyl sites for hydroxylation is 2. The molecule has 2 saturated heterocycles. The zero-order chi connectivity index (χ0) is 22.2. The second kappa shape index (κ2) is 8.65. The summed E-state index contributed by atoms with van der Waals surface area (Å²) in [6.07, 6.45) is -2.19. The van der Waals surface area contributed by atoms with Crippen LogP contribution in [0.1, 0.15) is 47.1 Å². The van der Waals surface area contributed by atoms with Gasteiger partial charge in [-0.25, -0.2) is 0 Å². The van der Waals surface area contributed by atoms with E-state index in [9.17, 15) is 18.0 Å². The van der Waals surface area contributed by atoms with E-state index in [2.05, 4.69) is 36.9 Å². The molecule has 6 heteroatoms. The van der Waals surface area contributed by atoms with Gasteiger partial charge in [0.05, 0.1) is 5.56 Å². The van der Waals surface area contributed by atoms with Crippen molar-refractivity contribution in [1.29, 1.82) is 0 Å². The lowest BCUT2D eigenvalue weighted by molar-refractivity contribution is -0.142. The predicted octanol–water partition coefficient (Wildman–Crippen LogP) is 5.34. The molecule has 1 amide bonds. The van der Waals surface area contributed by atoms with Gasteiger partial charge in [0.1, 0.15) is 0 Å². The van der Waals surface area contributed by atoms with Crippen molar-refractivity contribution in [3.05, 3.63) is 70.3 Å². The lowest BCUT2D eigenvalue weighted by Gasteiger charge is -2.47. The van der Waals surface area contributed by atoms with Crippen LogP contribution in [0.3, 0.4) is 0 Å². The molecule has 0 saturated carbocycles. The molecule has 2 atom stereocenters. The minimum absolute atomic E-state index is 0.0569. The van der Waals surface area contributed by atoms with Gasteiger partial charge in [0.15, 0.2) is 0 Å². The standard InChI is InChI=1S/C25H29F3N2O/c1-17-6-7-20(18(2)12-17)15-29-11-10-23-21(16-29)8-9-24(31)30(23)14-19-4-3-5-22(13-19)25(26,27)28/h3-7,12-13,21,23H,8-11,14-16H2,1-2H3/t21-,23+/m1/s1. The normalized spacial score (nSPS) is 22.5. The zero-order valence-corrected chi connectivity index (χ0v) is 18.1. The number of rotatable bonds is 4. The number of carbonyl (C=O) groups is 1. The lowest BCUT2D eigenvalue weighted by Crippen LogP contribution is -2.55. The SMILES string of the molecule is Cc1ccc(CN2CC[C@H]3[C@H](CCC(=O)N3Cc3cccc(C(F)(F)F)c3)C2)c(C)c1. The number of amides is 1. The van der Waals surface area contributed by atoms with Crippen molar-refractivity contribution in [1.82, 2.24) is 9.80 Å². The Labute approximate surface area is 181 Å². The molecule has 2 aliphatic rings. The van der Waals surface area contributed by atoms with Crippen LogP contribution in [0.25, 0.3) is 0 Å². The largest absolute Gasteiger partial charge is 0.416 e. The van der Waals surface area contributed by atoms with Crippen molar-refractivity contribution in [2.45, 2.75) is 58.4 Å². The number of alkyl halides is 3. The molecule has 2 heterocycles. The van der Waals surface area contributed by atoms with Crippen LogP contribution in [0.4, 0.5) is 13.2 Å². The van der Waals surface area contributed by atoms with Crippen LogP contribution in [0.2, 0.25) is 0 Å². The Balaban J connectivity index is 1.45. The average Bonchev–Trinajstić information content (AvgIpc) is 2.72. The monoisotopic (exact) mass is 430 g/mol. The third kappa shape index (κ3) is 4.95. The molecular formula is C25H29F3N2O. The number of hydrogen-bond acceptors (Lipinski definition) is 2. The van der Waals surface area contributed by atoms with E-state index in [-0.39, 0.29) is 18.5 Å². The number of benzene rings is 2. The number of nitrogens with zero attached hydrogens (tertiary/aromatic N) is 2. The van der Waals surface area contributed by atoms with E-state index in [1.165, 1.54) is 28.8 Å². The highest BCUT2D eigenvalue weighted by Crippen LogP contribution is 2.34. The van der Waals surface area contributed by atoms with E-state index >= 15 is 0 Å². The first-order valence-electron chi connectivity index (χ1n) is 10.9. The summed E-state index contributed by atoms with van der Waals surface area (Å²) in [6, 6.07) is 12.0. The van der Waals surface area contributed by atoms with Crippen LogP contribution in [-0.2, 0) is 24.1 Å². The van der Waals surface area contributed by atoms with Crippen LogP contribution in [0, 0.1) is 19.8 Å². The quantitative estimate of drug-likeness (QED) is 0.654. The van der Waals surface area contributed by atoms with Crippen molar-refractivity contribution in [2.75, 3.05) is 13.1 Å². The molecule has 0 radical (unpaired) electrons. The highest BCUT2D eigenvalue weighted by molar-refractivity contribution is 5.77. The van der Waals surface area contributed by atoms with Crippen molar-refractivity contribution < 1.29 is 18.0 Å². The Hall–Kier alpha value is -2.34. The Morgan fingerprint density at radius 3 is 2.58 bits per heavy atom. The maximum absolute atomic E-state index is 13.1. The van der Waals surface area contributed by atoms with Crippen LogP contribution in [0.15, 0.2) is 42.5 Å². The van der Waals surface area contributed by atoms with Crippen molar-refractivity contribution in [3.8, 4) is 0 Å². The zero-order valence-electron chi connectivity index (χ0n) is 18.1. The molecule has 166 valence electrons. The Kier molecular flexibility index (Phi) is 6.11. The fourth-order valence-corrected chi connectivity index (χ4v) is 5.08. The molecule has 2 aromatic rings. The molecule has 2 aliphatic heterocycles. The molecule has 0 bridgehead atoms. The van der Waals surface area contributed by atoms with Crippen LogP contribution < -0.4 is 0 Å². The lowest BCUT2D eigenvalue weighted by atomic mass is 9.83. The summed E-state index contributed by atoms with van der Waals surface area (Å²) in [5, 5.41) is 0. The van der Waals surface area contributed by atoms with Crippen LogP contribution in [0.5, 0.6) is 0 Å². The smallest absolute Gasteiger partial charge is 0.335 e. The molecule has 0 spiro atoms. The van der Waals surface area contributed by atoms with Gasteiger partial charge in [0.2, 0.25) is 5.91 Å². The summed E-state index contributed by atoms with van der Waals surface area (Å²) in [6.45, 7) is 7.20. The Bertz CT molecular complexity index is 956. The molecule has 0 N–H and O–H groups in total. The first-order valence-corrected chi connectivity index (χ1v) is 10.9. The van der Waals surface area contributed by atoms with Gasteiger partial charge < -0.3 is 4.90 Å². The average molecular weight is 431 g/mol. The van der Waals surface area contributed by atoms with Crippen molar-refractivity contribution in [2.24, 2.45) is 5.92 Å². The van der Waals surface area contributed by atoms with Gasteiger partial charge in [-0.2, -0.15) is 13.2 Å². The number of halogens is 3. The predicted molar refractivity (Wildman–Crippen MR) is 114 cm³/mol. The summed E-state index contributed by atoms with van der Waals surface area (Å²) in [7, 11) is 0. The molecule has 0 unspecified atom stereocenters. The number of likely N-dealkylation sites (tertiary alicyclic amines) is 2. The molecule has 31 heavy (non-hydrogen) atoms. The molecule has 0 aromatic heterocycles. The highest BCUT2D eigenvalue weighted by atomic mass is 19.4. The van der Waals surface area contributed by atoms with Crippen molar-refractivity contribution in [3.63, 3.8) is 0 Å². The number of carbonyl (C=O) groups excluding carboxylic acids is 1. The summed E-state index contributed by atoms with van der Waals surface area (Å²) >= 11 is 0. The number of fused-ring (bicyclic) bond motifs is 1. The molecular weight excluding hydrogens is 401 g/mol. The highest BCUT2D eigenvalue weighted by Gasteiger charge is 2.39. The minimum Gasteiger partial charge on any atom is -0.335 e. The van der Waals surface area contributed by atoms with Crippen LogP contribution >= 0.6 is 0 Å². The first-order chi connectivity index (χ1) is 14.7. The summed E-state index contributed by atoms with van der Waals surface area (Å²) in [5.74, 6) is 0.421. The fourth-order valence-electron chi connectivity index (χ4n) is 5.08. The van der Waals surface area contributed by atoms with Gasteiger partial charge in [0.25, 0.3) is 0 Å². The van der Waals surface area contributed by atoms with E-state index in [1.54, 1.807) is 6.07 Å². The Morgan fingerprint density at radius 2 is 1.84 bits per heavy atom. The first kappa shape index (κ1) is 21.9. The van der Waals surface area contributed by atoms with E-state index in [4.69, 9.17) is 0 Å². The second-order valence-electron chi connectivity index (χ2n) is 9.04. The summed E-state index contributed by atoms with van der Waals surface area (Å²) in [4.78, 5) is 17.0. The Morgan fingerprint density at radius 1 is 1.03 bits per heavy atom. The number of hydrogen-bond donors (Lipinski definition) is 0. The molecule has 2 fully saturated rings. The van der Waals surface area contributed by atoms with Crippen molar-refractivity contribution >= 4 is 5.91 Å². The van der Waals surface area contributed by atoms with E-state index < -0.39 is 11.7 Å². The van der Waals surface area contributed by atoms with Gasteiger partial charge in [-0.3, -0.25) is 9.69 Å². The van der Waals surface area contributed by atoms with E-state index in [0.29, 0.717) is 17.9 Å². The van der Waals surface area contributed by atoms with Gasteiger partial charge in [0, 0.05) is 38.6 Å². The molecule has 4 rings (SSSR count). The molecule has 3 nitrogen and oxygen atoms in total. The van der Waals surface area contributed by atoms with E-state index in [0.717, 1.165) is 38.5 Å². The fraction of sp³-hybridized carbons (Fsp3) is 0.480. The maximum atomic E-state index is 13.1. The topological polar surface area (TPSA) is 23.6 Å². The van der Waals surface area contributed by atoms with Gasteiger partial charge >= 0.3 is 6.18 Å².